The molecule has 0 saturated heterocycles. The van der Waals surface area contributed by atoms with Gasteiger partial charge in [-0.25, -0.2) is 14.2 Å². The van der Waals surface area contributed by atoms with Crippen LogP contribution in [0.15, 0.2) is 48.5 Å². The van der Waals surface area contributed by atoms with Crippen LogP contribution < -0.4 is 4.74 Å². The van der Waals surface area contributed by atoms with Crippen molar-refractivity contribution in [3.8, 4) is 11.6 Å². The predicted molar refractivity (Wildman–Crippen MR) is 73.0 cm³/mol. The van der Waals surface area contributed by atoms with E-state index in [-0.39, 0.29) is 17.5 Å². The van der Waals surface area contributed by atoms with Gasteiger partial charge in [-0.3, -0.25) is 0 Å². The maximum Gasteiger partial charge on any atom is 0.374 e. The number of aromatic nitrogens is 2. The van der Waals surface area contributed by atoms with Gasteiger partial charge in [-0.1, -0.05) is 18.2 Å². The smallest absolute Gasteiger partial charge is 0.374 e. The zero-order valence-corrected chi connectivity index (χ0v) is 10.7. The van der Waals surface area contributed by atoms with Crippen LogP contribution in [0.2, 0.25) is 0 Å². The van der Waals surface area contributed by atoms with Gasteiger partial charge in [0.15, 0.2) is 0 Å². The molecule has 0 fully saturated rings. The fourth-order valence-electron chi connectivity index (χ4n) is 1.86. The number of carbonyl (C=O) groups is 1. The van der Waals surface area contributed by atoms with Crippen molar-refractivity contribution in [1.82, 2.24) is 9.97 Å². The second-order valence-electron chi connectivity index (χ2n) is 4.23. The Labute approximate surface area is 118 Å². The number of hydrogen-bond donors (Lipinski definition) is 1. The molecule has 3 rings (SSSR count). The monoisotopic (exact) mass is 284 g/mol. The first-order chi connectivity index (χ1) is 10.1. The highest BCUT2D eigenvalue weighted by atomic mass is 19.1. The Hall–Kier alpha value is -3.02. The van der Waals surface area contributed by atoms with Crippen LogP contribution >= 0.6 is 0 Å². The third-order valence-electron chi connectivity index (χ3n) is 2.77. The number of fused-ring (bicyclic) bond motifs is 1. The fraction of sp³-hybridized carbons (Fsp3) is 0. The molecule has 0 bridgehead atoms. The third kappa shape index (κ3) is 2.64. The molecule has 0 atom stereocenters. The number of ether oxygens (including phenoxy) is 1. The summed E-state index contributed by atoms with van der Waals surface area (Å²) in [4.78, 5) is 18.9. The number of rotatable bonds is 3. The number of carboxylic acid groups (broad SMARTS) is 1. The van der Waals surface area contributed by atoms with Crippen LogP contribution in [0, 0.1) is 5.82 Å². The molecular formula is C15H9FN2O3. The first kappa shape index (κ1) is 13.0. The molecular weight excluding hydrogens is 275 g/mol. The van der Waals surface area contributed by atoms with Crippen molar-refractivity contribution in [2.24, 2.45) is 0 Å². The van der Waals surface area contributed by atoms with Crippen molar-refractivity contribution in [1.29, 1.82) is 0 Å². The molecule has 0 unspecified atom stereocenters. The van der Waals surface area contributed by atoms with Gasteiger partial charge in [0, 0.05) is 6.07 Å². The fourth-order valence-corrected chi connectivity index (χ4v) is 1.86. The molecule has 21 heavy (non-hydrogen) atoms. The Morgan fingerprint density at radius 3 is 2.67 bits per heavy atom. The summed E-state index contributed by atoms with van der Waals surface area (Å²) in [5.74, 6) is -1.78. The molecule has 104 valence electrons. The summed E-state index contributed by atoms with van der Waals surface area (Å²) in [6.07, 6.45) is 0. The summed E-state index contributed by atoms with van der Waals surface area (Å²) in [5, 5.41) is 9.59. The van der Waals surface area contributed by atoms with Crippen molar-refractivity contribution < 1.29 is 19.0 Å². The molecule has 1 aromatic heterocycles. The topological polar surface area (TPSA) is 72.3 Å². The van der Waals surface area contributed by atoms with Crippen molar-refractivity contribution in [3.05, 3.63) is 60.2 Å². The Kier molecular flexibility index (Phi) is 3.19. The van der Waals surface area contributed by atoms with Gasteiger partial charge in [0.25, 0.3) is 0 Å². The Morgan fingerprint density at radius 2 is 1.90 bits per heavy atom. The highest BCUT2D eigenvalue weighted by molar-refractivity contribution is 5.90. The first-order valence-corrected chi connectivity index (χ1v) is 6.07. The molecule has 5 nitrogen and oxygen atoms in total. The van der Waals surface area contributed by atoms with Gasteiger partial charge in [-0.15, -0.1) is 0 Å². The highest BCUT2D eigenvalue weighted by Crippen LogP contribution is 2.27. The number of carboxylic acids is 1. The minimum absolute atomic E-state index is 0.0728. The number of halogens is 1. The number of aromatic carboxylic acids is 1. The van der Waals surface area contributed by atoms with E-state index >= 15 is 0 Å². The van der Waals surface area contributed by atoms with E-state index in [1.54, 1.807) is 30.3 Å². The van der Waals surface area contributed by atoms with Gasteiger partial charge >= 0.3 is 5.97 Å². The number of hydrogen-bond acceptors (Lipinski definition) is 4. The summed E-state index contributed by atoms with van der Waals surface area (Å²) < 4.78 is 18.7. The van der Waals surface area contributed by atoms with Crippen LogP contribution in [-0.2, 0) is 0 Å². The zero-order valence-electron chi connectivity index (χ0n) is 10.7. The lowest BCUT2D eigenvalue weighted by Crippen LogP contribution is -2.05. The molecule has 1 heterocycles. The minimum Gasteiger partial charge on any atom is -0.475 e. The van der Waals surface area contributed by atoms with E-state index in [0.29, 0.717) is 10.9 Å². The minimum atomic E-state index is -1.26. The van der Waals surface area contributed by atoms with Gasteiger partial charge in [0.1, 0.15) is 11.6 Å². The number of nitrogens with zero attached hydrogens (tertiary/aromatic N) is 2. The van der Waals surface area contributed by atoms with Crippen LogP contribution in [0.25, 0.3) is 10.9 Å². The highest BCUT2D eigenvalue weighted by Gasteiger charge is 2.14. The van der Waals surface area contributed by atoms with Crippen LogP contribution in [0.1, 0.15) is 10.6 Å². The lowest BCUT2D eigenvalue weighted by Gasteiger charge is -2.08. The lowest BCUT2D eigenvalue weighted by molar-refractivity contribution is 0.0683. The molecule has 0 saturated carbocycles. The average molecular weight is 284 g/mol. The Bertz CT molecular complexity index is 836. The van der Waals surface area contributed by atoms with Crippen LogP contribution in [-0.4, -0.2) is 21.0 Å². The van der Waals surface area contributed by atoms with Gasteiger partial charge in [-0.05, 0) is 24.3 Å². The first-order valence-electron chi connectivity index (χ1n) is 6.07. The van der Waals surface area contributed by atoms with E-state index in [4.69, 9.17) is 9.84 Å². The van der Waals surface area contributed by atoms with Gasteiger partial charge in [0.2, 0.25) is 11.7 Å². The molecule has 6 heteroatoms. The molecule has 3 aromatic rings. The van der Waals surface area contributed by atoms with Gasteiger partial charge < -0.3 is 9.84 Å². The van der Waals surface area contributed by atoms with Crippen molar-refractivity contribution in [2.45, 2.75) is 0 Å². The second kappa shape index (κ2) is 5.16. The summed E-state index contributed by atoms with van der Waals surface area (Å²) >= 11 is 0. The van der Waals surface area contributed by atoms with E-state index in [9.17, 15) is 9.18 Å². The normalized spacial score (nSPS) is 10.5. The number of para-hydroxylation sites is 1. The van der Waals surface area contributed by atoms with Crippen LogP contribution in [0.5, 0.6) is 11.6 Å². The van der Waals surface area contributed by atoms with E-state index < -0.39 is 11.8 Å². The second-order valence-corrected chi connectivity index (χ2v) is 4.23. The molecule has 0 aliphatic carbocycles. The molecule has 2 aromatic carbocycles. The molecule has 0 radical (unpaired) electrons. The van der Waals surface area contributed by atoms with Gasteiger partial charge in [-0.2, -0.15) is 4.98 Å². The maximum absolute atomic E-state index is 13.2. The van der Waals surface area contributed by atoms with Crippen molar-refractivity contribution in [3.63, 3.8) is 0 Å². The summed E-state index contributed by atoms with van der Waals surface area (Å²) in [7, 11) is 0. The van der Waals surface area contributed by atoms with Gasteiger partial charge in [0.05, 0.1) is 10.9 Å². The van der Waals surface area contributed by atoms with Crippen molar-refractivity contribution in [2.75, 3.05) is 0 Å². The SMILES string of the molecule is O=C(O)c1nc(Oc2cccc(F)c2)c2ccccc2n1. The summed E-state index contributed by atoms with van der Waals surface area (Å²) in [6, 6.07) is 12.4. The van der Waals surface area contributed by atoms with Crippen molar-refractivity contribution >= 4 is 16.9 Å². The number of benzene rings is 2. The van der Waals surface area contributed by atoms with Crippen LogP contribution in [0.4, 0.5) is 4.39 Å². The molecule has 0 aliphatic heterocycles. The van der Waals surface area contributed by atoms with E-state index in [2.05, 4.69) is 9.97 Å². The molecule has 0 spiro atoms. The van der Waals surface area contributed by atoms with E-state index in [1.807, 2.05) is 0 Å². The molecule has 0 aliphatic rings. The lowest BCUT2D eigenvalue weighted by atomic mass is 10.2. The summed E-state index contributed by atoms with van der Waals surface area (Å²) in [5.41, 5.74) is 0.441. The maximum atomic E-state index is 13.2. The standard InChI is InChI=1S/C15H9FN2O3/c16-9-4-3-5-10(8-9)21-14-11-6-1-2-7-12(11)17-13(18-14)15(19)20/h1-8H,(H,19,20). The molecule has 1 N–H and O–H groups in total. The largest absolute Gasteiger partial charge is 0.475 e. The van der Waals surface area contributed by atoms with E-state index in [0.717, 1.165) is 0 Å². The predicted octanol–water partition coefficient (Wildman–Crippen LogP) is 3.26. The zero-order chi connectivity index (χ0) is 14.8. The Morgan fingerprint density at radius 1 is 1.10 bits per heavy atom. The average Bonchev–Trinajstić information content (AvgIpc) is 2.47. The quantitative estimate of drug-likeness (QED) is 0.799. The van der Waals surface area contributed by atoms with E-state index in [1.165, 1.54) is 18.2 Å². The van der Waals surface area contributed by atoms with Crippen LogP contribution in [0.3, 0.4) is 0 Å². The molecule has 0 amide bonds. The Balaban J connectivity index is 2.13. The summed E-state index contributed by atoms with van der Waals surface area (Å²) in [6.45, 7) is 0. The third-order valence-corrected chi connectivity index (χ3v) is 2.77.